The maximum atomic E-state index is 5.48. The van der Waals surface area contributed by atoms with E-state index >= 15 is 0 Å². The van der Waals surface area contributed by atoms with Crippen molar-refractivity contribution in [3.05, 3.63) is 21.9 Å². The van der Waals surface area contributed by atoms with Crippen molar-refractivity contribution in [1.82, 2.24) is 5.32 Å². The van der Waals surface area contributed by atoms with Crippen LogP contribution in [0.2, 0.25) is 0 Å². The molecule has 0 radical (unpaired) electrons. The van der Waals surface area contributed by atoms with E-state index in [9.17, 15) is 0 Å². The monoisotopic (exact) mass is 239 g/mol. The number of thiophene rings is 1. The van der Waals surface area contributed by atoms with Gasteiger partial charge in [0.25, 0.3) is 0 Å². The number of aryl methyl sites for hydroxylation is 1. The van der Waals surface area contributed by atoms with Crippen LogP contribution in [0.3, 0.4) is 0 Å². The summed E-state index contributed by atoms with van der Waals surface area (Å²) in [5, 5.41) is 5.82. The van der Waals surface area contributed by atoms with Crippen LogP contribution in [0.4, 0.5) is 0 Å². The topological polar surface area (TPSA) is 21.3 Å². The molecule has 1 aromatic heterocycles. The standard InChI is InChI=1S/C13H21NOS/c1-2-8-15-9-7-14-12-4-3-5-13-11(12)6-10-16-13/h6,10,12,14H,2-5,7-9H2,1H3. The third-order valence-corrected chi connectivity index (χ3v) is 4.03. The number of fused-ring (bicyclic) bond motifs is 1. The number of rotatable bonds is 6. The van der Waals surface area contributed by atoms with E-state index in [2.05, 4.69) is 23.7 Å². The fraction of sp³-hybridized carbons (Fsp3) is 0.692. The zero-order valence-electron chi connectivity index (χ0n) is 10.00. The highest BCUT2D eigenvalue weighted by atomic mass is 32.1. The summed E-state index contributed by atoms with van der Waals surface area (Å²) >= 11 is 1.91. The maximum absolute atomic E-state index is 5.48. The Morgan fingerprint density at radius 1 is 1.50 bits per heavy atom. The molecule has 1 heterocycles. The van der Waals surface area contributed by atoms with Crippen molar-refractivity contribution >= 4 is 11.3 Å². The Kier molecular flexibility index (Phi) is 4.82. The lowest BCUT2D eigenvalue weighted by Gasteiger charge is -2.23. The molecular formula is C13H21NOS. The highest BCUT2D eigenvalue weighted by Crippen LogP contribution is 2.32. The van der Waals surface area contributed by atoms with Crippen molar-refractivity contribution in [3.8, 4) is 0 Å². The van der Waals surface area contributed by atoms with E-state index in [1.54, 1.807) is 4.88 Å². The Hall–Kier alpha value is -0.380. The van der Waals surface area contributed by atoms with Gasteiger partial charge < -0.3 is 10.1 Å². The van der Waals surface area contributed by atoms with Gasteiger partial charge in [-0.25, -0.2) is 0 Å². The summed E-state index contributed by atoms with van der Waals surface area (Å²) in [6, 6.07) is 2.85. The Labute approximate surface area is 102 Å². The fourth-order valence-electron chi connectivity index (χ4n) is 2.25. The molecule has 0 bridgehead atoms. The minimum atomic E-state index is 0.570. The molecule has 16 heavy (non-hydrogen) atoms. The third-order valence-electron chi connectivity index (χ3n) is 3.04. The molecule has 1 unspecified atom stereocenters. The lowest BCUT2D eigenvalue weighted by Crippen LogP contribution is -2.27. The summed E-state index contributed by atoms with van der Waals surface area (Å²) in [5.74, 6) is 0. The number of hydrogen-bond donors (Lipinski definition) is 1. The van der Waals surface area contributed by atoms with Gasteiger partial charge in [-0.2, -0.15) is 0 Å². The number of hydrogen-bond acceptors (Lipinski definition) is 3. The molecule has 0 saturated heterocycles. The van der Waals surface area contributed by atoms with Crippen LogP contribution in [0.1, 0.15) is 42.7 Å². The van der Waals surface area contributed by atoms with Crippen molar-refractivity contribution < 1.29 is 4.74 Å². The lowest BCUT2D eigenvalue weighted by molar-refractivity contribution is 0.133. The van der Waals surface area contributed by atoms with E-state index < -0.39 is 0 Å². The minimum absolute atomic E-state index is 0.570. The Balaban J connectivity index is 1.75. The van der Waals surface area contributed by atoms with Crippen molar-refractivity contribution in [2.45, 2.75) is 38.6 Å². The van der Waals surface area contributed by atoms with E-state index in [1.807, 2.05) is 11.3 Å². The van der Waals surface area contributed by atoms with Crippen LogP contribution in [0.15, 0.2) is 11.4 Å². The normalized spacial score (nSPS) is 19.7. The first kappa shape index (κ1) is 12.1. The van der Waals surface area contributed by atoms with Crippen molar-refractivity contribution in [2.24, 2.45) is 0 Å². The molecular weight excluding hydrogens is 218 g/mol. The summed E-state index contributed by atoms with van der Waals surface area (Å²) in [6.45, 7) is 4.84. The zero-order valence-corrected chi connectivity index (χ0v) is 10.8. The van der Waals surface area contributed by atoms with Crippen LogP contribution < -0.4 is 5.32 Å². The molecule has 0 saturated carbocycles. The Morgan fingerprint density at radius 3 is 3.31 bits per heavy atom. The highest BCUT2D eigenvalue weighted by molar-refractivity contribution is 7.10. The third kappa shape index (κ3) is 3.06. The second-order valence-corrected chi connectivity index (χ2v) is 5.31. The van der Waals surface area contributed by atoms with E-state index in [4.69, 9.17) is 4.74 Å². The molecule has 0 aliphatic heterocycles. The Morgan fingerprint density at radius 2 is 2.44 bits per heavy atom. The first-order chi connectivity index (χ1) is 7.92. The van der Waals surface area contributed by atoms with Gasteiger partial charge in [0.05, 0.1) is 6.61 Å². The van der Waals surface area contributed by atoms with Gasteiger partial charge in [-0.3, -0.25) is 0 Å². The van der Waals surface area contributed by atoms with Gasteiger partial charge in [0.15, 0.2) is 0 Å². The van der Waals surface area contributed by atoms with Crippen molar-refractivity contribution in [1.29, 1.82) is 0 Å². The largest absolute Gasteiger partial charge is 0.380 e. The van der Waals surface area contributed by atoms with E-state index in [0.29, 0.717) is 6.04 Å². The quantitative estimate of drug-likeness (QED) is 0.770. The summed E-state index contributed by atoms with van der Waals surface area (Å²) in [6.07, 6.45) is 4.98. The highest BCUT2D eigenvalue weighted by Gasteiger charge is 2.20. The summed E-state index contributed by atoms with van der Waals surface area (Å²) < 4.78 is 5.48. The molecule has 0 amide bonds. The van der Waals surface area contributed by atoms with Crippen LogP contribution in [0.5, 0.6) is 0 Å². The predicted molar refractivity (Wildman–Crippen MR) is 69.1 cm³/mol. The maximum Gasteiger partial charge on any atom is 0.0591 e. The van der Waals surface area contributed by atoms with Gasteiger partial charge in [0.2, 0.25) is 0 Å². The molecule has 1 aromatic rings. The second kappa shape index (κ2) is 6.38. The molecule has 1 N–H and O–H groups in total. The second-order valence-electron chi connectivity index (χ2n) is 4.31. The predicted octanol–water partition coefficient (Wildman–Crippen LogP) is 3.14. The van der Waals surface area contributed by atoms with E-state index in [1.165, 1.54) is 24.8 Å². The van der Waals surface area contributed by atoms with E-state index in [0.717, 1.165) is 26.2 Å². The van der Waals surface area contributed by atoms with Crippen LogP contribution in [-0.2, 0) is 11.2 Å². The summed E-state index contributed by atoms with van der Waals surface area (Å²) in [7, 11) is 0. The minimum Gasteiger partial charge on any atom is -0.380 e. The molecule has 0 aromatic carbocycles. The molecule has 1 aliphatic carbocycles. The summed E-state index contributed by atoms with van der Waals surface area (Å²) in [4.78, 5) is 1.58. The number of nitrogens with one attached hydrogen (secondary N) is 1. The lowest BCUT2D eigenvalue weighted by atomic mass is 9.94. The van der Waals surface area contributed by atoms with Gasteiger partial charge >= 0.3 is 0 Å². The average Bonchev–Trinajstić information content (AvgIpc) is 2.77. The molecule has 2 rings (SSSR count). The first-order valence-electron chi connectivity index (χ1n) is 6.29. The van der Waals surface area contributed by atoms with Gasteiger partial charge in [-0.05, 0) is 42.7 Å². The molecule has 90 valence electrons. The molecule has 1 aliphatic rings. The fourth-order valence-corrected chi connectivity index (χ4v) is 3.24. The molecule has 0 fully saturated rings. The van der Waals surface area contributed by atoms with Crippen molar-refractivity contribution in [2.75, 3.05) is 19.8 Å². The number of ether oxygens (including phenoxy) is 1. The smallest absolute Gasteiger partial charge is 0.0591 e. The van der Waals surface area contributed by atoms with Crippen molar-refractivity contribution in [3.63, 3.8) is 0 Å². The average molecular weight is 239 g/mol. The first-order valence-corrected chi connectivity index (χ1v) is 7.17. The molecule has 2 nitrogen and oxygen atoms in total. The van der Waals surface area contributed by atoms with Crippen LogP contribution in [0.25, 0.3) is 0 Å². The zero-order chi connectivity index (χ0) is 11.2. The van der Waals surface area contributed by atoms with Crippen LogP contribution in [0, 0.1) is 0 Å². The van der Waals surface area contributed by atoms with Gasteiger partial charge in [0.1, 0.15) is 0 Å². The van der Waals surface area contributed by atoms with Crippen LogP contribution in [-0.4, -0.2) is 19.8 Å². The van der Waals surface area contributed by atoms with Crippen LogP contribution >= 0.6 is 11.3 Å². The molecule has 3 heteroatoms. The molecule has 0 spiro atoms. The van der Waals surface area contributed by atoms with Gasteiger partial charge in [-0.1, -0.05) is 6.92 Å². The van der Waals surface area contributed by atoms with Gasteiger partial charge in [0, 0.05) is 24.1 Å². The summed E-state index contributed by atoms with van der Waals surface area (Å²) in [5.41, 5.74) is 1.53. The van der Waals surface area contributed by atoms with E-state index in [-0.39, 0.29) is 0 Å². The molecule has 1 atom stereocenters. The van der Waals surface area contributed by atoms with Gasteiger partial charge in [-0.15, -0.1) is 11.3 Å². The Bertz CT molecular complexity index is 311. The SMILES string of the molecule is CCCOCCNC1CCCc2sccc21.